The normalized spacial score (nSPS) is 17.3. The predicted molar refractivity (Wildman–Crippen MR) is 112 cm³/mol. The Bertz CT molecular complexity index is 789. The molecule has 28 heavy (non-hydrogen) atoms. The molecule has 0 spiro atoms. The van der Waals surface area contributed by atoms with Crippen molar-refractivity contribution in [1.29, 1.82) is 0 Å². The molecule has 2 heterocycles. The van der Waals surface area contributed by atoms with Crippen LogP contribution in [0.15, 0.2) is 28.8 Å². The van der Waals surface area contributed by atoms with Crippen molar-refractivity contribution in [1.82, 2.24) is 20.4 Å². The fourth-order valence-corrected chi connectivity index (χ4v) is 3.41. The number of amides is 1. The lowest BCUT2D eigenvalue weighted by atomic mass is 9.96. The second-order valence-corrected chi connectivity index (χ2v) is 8.41. The van der Waals surface area contributed by atoms with Gasteiger partial charge in [-0.25, -0.2) is 0 Å². The van der Waals surface area contributed by atoms with Gasteiger partial charge in [0.25, 0.3) is 0 Å². The van der Waals surface area contributed by atoms with Gasteiger partial charge in [-0.05, 0) is 24.1 Å². The maximum Gasteiger partial charge on any atom is 0.226 e. The van der Waals surface area contributed by atoms with E-state index in [1.54, 1.807) is 0 Å². The molecule has 3 rings (SSSR count). The molecule has 0 saturated carbocycles. The summed E-state index contributed by atoms with van der Waals surface area (Å²) in [5.41, 5.74) is 0.928. The van der Waals surface area contributed by atoms with Gasteiger partial charge < -0.3 is 14.7 Å². The molecule has 1 aliphatic heterocycles. The first kappa shape index (κ1) is 22.7. The van der Waals surface area contributed by atoms with Gasteiger partial charge in [0.05, 0.1) is 6.04 Å². The molecule has 1 N–H and O–H groups in total. The number of carbonyl (C=O) groups is 1. The molecular weight excluding hydrogens is 399 g/mol. The minimum absolute atomic E-state index is 0. The molecule has 2 aromatic rings. The number of nitrogens with zero attached hydrogens (tertiary/aromatic N) is 3. The van der Waals surface area contributed by atoms with Crippen LogP contribution in [0.25, 0.3) is 0 Å². The van der Waals surface area contributed by atoms with Crippen LogP contribution >= 0.6 is 24.0 Å². The van der Waals surface area contributed by atoms with E-state index in [0.29, 0.717) is 42.5 Å². The number of benzene rings is 1. The van der Waals surface area contributed by atoms with Crippen LogP contribution in [-0.2, 0) is 16.6 Å². The summed E-state index contributed by atoms with van der Waals surface area (Å²) in [7, 11) is 0. The maximum atomic E-state index is 12.8. The largest absolute Gasteiger partial charge is 0.339 e. The van der Waals surface area contributed by atoms with E-state index in [1.807, 2.05) is 49.9 Å². The molecular formula is C20H28Cl2N4O2. The number of nitrogens with one attached hydrogen (secondary N) is 1. The Morgan fingerprint density at radius 2 is 2.18 bits per heavy atom. The molecule has 0 aliphatic carbocycles. The van der Waals surface area contributed by atoms with E-state index in [1.165, 1.54) is 0 Å². The summed E-state index contributed by atoms with van der Waals surface area (Å²) >= 11 is 6.13. The van der Waals surface area contributed by atoms with Crippen LogP contribution in [0.1, 0.15) is 56.9 Å². The topological polar surface area (TPSA) is 71.3 Å². The highest BCUT2D eigenvalue weighted by atomic mass is 35.5. The molecule has 1 aromatic carbocycles. The first-order chi connectivity index (χ1) is 12.8. The van der Waals surface area contributed by atoms with Gasteiger partial charge in [-0.15, -0.1) is 12.4 Å². The minimum atomic E-state index is -0.136. The first-order valence-corrected chi connectivity index (χ1v) is 9.81. The highest BCUT2D eigenvalue weighted by Gasteiger charge is 2.28. The smallest absolute Gasteiger partial charge is 0.226 e. The summed E-state index contributed by atoms with van der Waals surface area (Å²) in [5.74, 6) is 1.45. The van der Waals surface area contributed by atoms with Gasteiger partial charge in [0.1, 0.15) is 0 Å². The van der Waals surface area contributed by atoms with E-state index >= 15 is 0 Å². The van der Waals surface area contributed by atoms with Gasteiger partial charge >= 0.3 is 0 Å². The van der Waals surface area contributed by atoms with Crippen LogP contribution in [0.2, 0.25) is 5.02 Å². The quantitative estimate of drug-likeness (QED) is 0.783. The molecule has 1 aliphatic rings. The zero-order chi connectivity index (χ0) is 19.4. The van der Waals surface area contributed by atoms with Gasteiger partial charge in [0.15, 0.2) is 5.82 Å². The standard InChI is InChI=1S/C20H27ClN4O2.ClH/c1-20(2,3)19-23-17(27-24-19)8-5-9-18(26)25-11-10-22-13-16(25)14-6-4-7-15(21)12-14;/h4,6-7,12,16,22H,5,8-11,13H2,1-3H3;1H. The van der Waals surface area contributed by atoms with E-state index in [0.717, 1.165) is 18.7 Å². The lowest BCUT2D eigenvalue weighted by molar-refractivity contribution is -0.134. The van der Waals surface area contributed by atoms with Crippen molar-refractivity contribution >= 4 is 29.9 Å². The average molecular weight is 427 g/mol. The Kier molecular flexibility index (Phi) is 7.87. The number of rotatable bonds is 5. The highest BCUT2D eigenvalue weighted by molar-refractivity contribution is 6.30. The van der Waals surface area contributed by atoms with Crippen molar-refractivity contribution in [2.45, 2.75) is 51.5 Å². The molecule has 6 nitrogen and oxygen atoms in total. The number of hydrogen-bond acceptors (Lipinski definition) is 5. The Hall–Kier alpha value is -1.63. The zero-order valence-corrected chi connectivity index (χ0v) is 18.1. The lowest BCUT2D eigenvalue weighted by Gasteiger charge is -2.36. The molecule has 1 unspecified atom stereocenters. The molecule has 1 amide bonds. The van der Waals surface area contributed by atoms with Gasteiger partial charge in [-0.3, -0.25) is 4.79 Å². The Morgan fingerprint density at radius 3 is 2.86 bits per heavy atom. The van der Waals surface area contributed by atoms with E-state index in [9.17, 15) is 4.79 Å². The van der Waals surface area contributed by atoms with Crippen molar-refractivity contribution in [3.05, 3.63) is 46.6 Å². The third-order valence-corrected chi connectivity index (χ3v) is 4.95. The maximum absolute atomic E-state index is 12.8. The first-order valence-electron chi connectivity index (χ1n) is 9.43. The number of carbonyl (C=O) groups excluding carboxylic acids is 1. The zero-order valence-electron chi connectivity index (χ0n) is 16.6. The summed E-state index contributed by atoms with van der Waals surface area (Å²) < 4.78 is 5.31. The summed E-state index contributed by atoms with van der Waals surface area (Å²) in [6.45, 7) is 8.39. The highest BCUT2D eigenvalue weighted by Crippen LogP contribution is 2.26. The molecule has 1 aromatic heterocycles. The third-order valence-electron chi connectivity index (χ3n) is 4.72. The fraction of sp³-hybridized carbons (Fsp3) is 0.550. The molecule has 0 radical (unpaired) electrons. The van der Waals surface area contributed by atoms with E-state index in [2.05, 4.69) is 15.5 Å². The lowest BCUT2D eigenvalue weighted by Crippen LogP contribution is -2.48. The van der Waals surface area contributed by atoms with Crippen LogP contribution in [0, 0.1) is 0 Å². The van der Waals surface area contributed by atoms with Gasteiger partial charge in [-0.1, -0.05) is 49.7 Å². The van der Waals surface area contributed by atoms with Crippen LogP contribution in [0.4, 0.5) is 0 Å². The van der Waals surface area contributed by atoms with Crippen LogP contribution in [0.3, 0.4) is 0 Å². The summed E-state index contributed by atoms with van der Waals surface area (Å²) in [5, 5.41) is 8.09. The third kappa shape index (κ3) is 5.69. The van der Waals surface area contributed by atoms with Crippen molar-refractivity contribution < 1.29 is 9.32 Å². The second-order valence-electron chi connectivity index (χ2n) is 7.98. The minimum Gasteiger partial charge on any atom is -0.339 e. The van der Waals surface area contributed by atoms with Gasteiger partial charge in [0, 0.05) is 42.9 Å². The van der Waals surface area contributed by atoms with Crippen molar-refractivity contribution in [3.63, 3.8) is 0 Å². The van der Waals surface area contributed by atoms with Crippen LogP contribution in [-0.4, -0.2) is 40.6 Å². The molecule has 154 valence electrons. The summed E-state index contributed by atoms with van der Waals surface area (Å²) in [6, 6.07) is 7.75. The molecule has 1 atom stereocenters. The monoisotopic (exact) mass is 426 g/mol. The van der Waals surface area contributed by atoms with Crippen LogP contribution in [0.5, 0.6) is 0 Å². The number of hydrogen-bond donors (Lipinski definition) is 1. The second kappa shape index (κ2) is 9.72. The molecule has 1 saturated heterocycles. The average Bonchev–Trinajstić information content (AvgIpc) is 3.11. The van der Waals surface area contributed by atoms with Crippen molar-refractivity contribution in [2.24, 2.45) is 0 Å². The fourth-order valence-electron chi connectivity index (χ4n) is 3.21. The number of halogens is 2. The predicted octanol–water partition coefficient (Wildman–Crippen LogP) is 3.94. The van der Waals surface area contributed by atoms with Crippen molar-refractivity contribution in [2.75, 3.05) is 19.6 Å². The van der Waals surface area contributed by atoms with Gasteiger partial charge in [0.2, 0.25) is 11.8 Å². The number of piperazine rings is 1. The van der Waals surface area contributed by atoms with Crippen molar-refractivity contribution in [3.8, 4) is 0 Å². The molecule has 0 bridgehead atoms. The molecule has 1 fully saturated rings. The summed E-state index contributed by atoms with van der Waals surface area (Å²) in [4.78, 5) is 19.2. The number of aromatic nitrogens is 2. The SMILES string of the molecule is CC(C)(C)c1noc(CCCC(=O)N2CCNCC2c2cccc(Cl)c2)n1.Cl. The Morgan fingerprint density at radius 1 is 1.39 bits per heavy atom. The Labute approximate surface area is 177 Å². The van der Waals surface area contributed by atoms with E-state index in [4.69, 9.17) is 16.1 Å². The number of aryl methyl sites for hydroxylation is 1. The van der Waals surface area contributed by atoms with Gasteiger partial charge in [-0.2, -0.15) is 4.98 Å². The Balaban J connectivity index is 0.00000280. The van der Waals surface area contributed by atoms with E-state index in [-0.39, 0.29) is 29.8 Å². The van der Waals surface area contributed by atoms with Crippen LogP contribution < -0.4 is 5.32 Å². The molecule has 8 heteroatoms. The van der Waals surface area contributed by atoms with E-state index < -0.39 is 0 Å². The summed E-state index contributed by atoms with van der Waals surface area (Å²) in [6.07, 6.45) is 1.77.